The number of para-hydroxylation sites is 1. The second-order valence-corrected chi connectivity index (χ2v) is 7.02. The lowest BCUT2D eigenvalue weighted by Crippen LogP contribution is -2.45. The molecule has 1 aromatic rings. The lowest BCUT2D eigenvalue weighted by Gasteiger charge is -2.26. The molecule has 2 aliphatic rings. The van der Waals surface area contributed by atoms with Crippen LogP contribution in [0.25, 0.3) is 0 Å². The van der Waals surface area contributed by atoms with Gasteiger partial charge in [0.2, 0.25) is 11.8 Å². The average molecular weight is 499 g/mol. The molecule has 0 radical (unpaired) electrons. The fraction of sp³-hybridized carbons (Fsp3) is 0.550. The quantitative estimate of drug-likeness (QED) is 0.369. The van der Waals surface area contributed by atoms with Crippen molar-refractivity contribution in [2.24, 2.45) is 4.99 Å². The van der Waals surface area contributed by atoms with Crippen molar-refractivity contribution in [2.75, 3.05) is 37.6 Å². The lowest BCUT2D eigenvalue weighted by atomic mass is 10.1. The summed E-state index contributed by atoms with van der Waals surface area (Å²) in [6.45, 7) is 5.08. The van der Waals surface area contributed by atoms with Gasteiger partial charge in [0.05, 0.1) is 6.04 Å². The lowest BCUT2D eigenvalue weighted by molar-refractivity contribution is -0.130. The van der Waals surface area contributed by atoms with Gasteiger partial charge in [-0.1, -0.05) is 18.2 Å². The van der Waals surface area contributed by atoms with Crippen molar-refractivity contribution < 1.29 is 9.59 Å². The Kier molecular flexibility index (Phi) is 9.01. The van der Waals surface area contributed by atoms with Gasteiger partial charge in [0.15, 0.2) is 5.96 Å². The van der Waals surface area contributed by atoms with Crippen molar-refractivity contribution >= 4 is 47.4 Å². The Hall–Kier alpha value is -1.84. The minimum absolute atomic E-state index is 0. The monoisotopic (exact) mass is 499 g/mol. The molecular formula is C20H30IN5O2. The van der Waals surface area contributed by atoms with Crippen LogP contribution in [0.15, 0.2) is 35.3 Å². The smallest absolute Gasteiger partial charge is 0.244 e. The molecule has 2 N–H and O–H groups in total. The van der Waals surface area contributed by atoms with Crippen molar-refractivity contribution in [3.05, 3.63) is 30.3 Å². The van der Waals surface area contributed by atoms with Gasteiger partial charge in [-0.15, -0.1) is 24.0 Å². The van der Waals surface area contributed by atoms with E-state index in [1.807, 2.05) is 42.2 Å². The Morgan fingerprint density at radius 2 is 1.89 bits per heavy atom. The van der Waals surface area contributed by atoms with E-state index in [1.165, 1.54) is 6.42 Å². The molecule has 28 heavy (non-hydrogen) atoms. The molecule has 7 nitrogen and oxygen atoms in total. The Balaban J connectivity index is 0.00000280. The van der Waals surface area contributed by atoms with Gasteiger partial charge in [-0.25, -0.2) is 4.99 Å². The number of nitrogens with zero attached hydrogens (tertiary/aromatic N) is 3. The Morgan fingerprint density at radius 3 is 2.57 bits per heavy atom. The van der Waals surface area contributed by atoms with Crippen LogP contribution in [0.2, 0.25) is 0 Å². The molecule has 8 heteroatoms. The summed E-state index contributed by atoms with van der Waals surface area (Å²) < 4.78 is 0. The largest absolute Gasteiger partial charge is 0.357 e. The van der Waals surface area contributed by atoms with E-state index >= 15 is 0 Å². The van der Waals surface area contributed by atoms with Gasteiger partial charge in [0.1, 0.15) is 6.54 Å². The highest BCUT2D eigenvalue weighted by molar-refractivity contribution is 14.0. The third kappa shape index (κ3) is 6.08. The molecule has 0 aromatic heterocycles. The standard InChI is InChI=1S/C20H29N5O2.HI/c1-2-21-20(22-14-19(27)24-11-7-4-8-12-24)23-16-13-18(26)25(15-16)17-9-5-3-6-10-17;/h3,5-6,9-10,16H,2,4,7-8,11-15H2,1H3,(H2,21,22,23);1H. The molecule has 3 rings (SSSR count). The molecular weight excluding hydrogens is 469 g/mol. The van der Waals surface area contributed by atoms with E-state index in [0.29, 0.717) is 25.5 Å². The number of benzene rings is 1. The first kappa shape index (κ1) is 22.4. The molecule has 2 aliphatic heterocycles. The first-order valence-corrected chi connectivity index (χ1v) is 9.85. The summed E-state index contributed by atoms with van der Waals surface area (Å²) in [5.41, 5.74) is 0.911. The second-order valence-electron chi connectivity index (χ2n) is 7.02. The first-order chi connectivity index (χ1) is 13.2. The van der Waals surface area contributed by atoms with Gasteiger partial charge in [-0.3, -0.25) is 9.59 Å². The predicted molar refractivity (Wildman–Crippen MR) is 122 cm³/mol. The number of carbonyl (C=O) groups is 2. The molecule has 1 unspecified atom stereocenters. The number of nitrogens with one attached hydrogen (secondary N) is 2. The molecule has 1 aromatic carbocycles. The van der Waals surface area contributed by atoms with Crippen LogP contribution in [0, 0.1) is 0 Å². The van der Waals surface area contributed by atoms with E-state index in [0.717, 1.165) is 31.6 Å². The van der Waals surface area contributed by atoms with Crippen LogP contribution in [-0.2, 0) is 9.59 Å². The zero-order chi connectivity index (χ0) is 19.1. The van der Waals surface area contributed by atoms with E-state index in [4.69, 9.17) is 0 Å². The minimum atomic E-state index is -0.0272. The number of halogens is 1. The number of hydrogen-bond donors (Lipinski definition) is 2. The SMILES string of the molecule is CCNC(=NCC(=O)N1CCCCC1)NC1CC(=O)N(c2ccccc2)C1.I. The average Bonchev–Trinajstić information content (AvgIpc) is 3.07. The molecule has 2 amide bonds. The molecule has 2 heterocycles. The Morgan fingerprint density at radius 1 is 1.18 bits per heavy atom. The maximum Gasteiger partial charge on any atom is 0.244 e. The van der Waals surface area contributed by atoms with Crippen LogP contribution in [0.4, 0.5) is 5.69 Å². The summed E-state index contributed by atoms with van der Waals surface area (Å²) in [5.74, 6) is 0.759. The molecule has 0 aliphatic carbocycles. The van der Waals surface area contributed by atoms with Crippen LogP contribution >= 0.6 is 24.0 Å². The number of rotatable bonds is 5. The van der Waals surface area contributed by atoms with Crippen LogP contribution in [0.1, 0.15) is 32.6 Å². The van der Waals surface area contributed by atoms with Crippen molar-refractivity contribution in [2.45, 2.75) is 38.6 Å². The van der Waals surface area contributed by atoms with Gasteiger partial charge in [0.25, 0.3) is 0 Å². The fourth-order valence-electron chi connectivity index (χ4n) is 3.57. The summed E-state index contributed by atoms with van der Waals surface area (Å²) >= 11 is 0. The normalized spacial score (nSPS) is 20.0. The van der Waals surface area contributed by atoms with E-state index in [-0.39, 0.29) is 48.4 Å². The molecule has 0 spiro atoms. The van der Waals surface area contributed by atoms with E-state index < -0.39 is 0 Å². The summed E-state index contributed by atoms with van der Waals surface area (Å²) in [6.07, 6.45) is 3.77. The number of piperidine rings is 1. The van der Waals surface area contributed by atoms with E-state index in [2.05, 4.69) is 15.6 Å². The number of anilines is 1. The highest BCUT2D eigenvalue weighted by Gasteiger charge is 2.31. The van der Waals surface area contributed by atoms with Gasteiger partial charge in [-0.2, -0.15) is 0 Å². The summed E-state index contributed by atoms with van der Waals surface area (Å²) in [5, 5.41) is 6.49. The molecule has 2 fully saturated rings. The Bertz CT molecular complexity index is 676. The van der Waals surface area contributed by atoms with Gasteiger partial charge in [0, 0.05) is 38.3 Å². The van der Waals surface area contributed by atoms with Crippen LogP contribution in [-0.4, -0.2) is 61.4 Å². The maximum absolute atomic E-state index is 12.4. The van der Waals surface area contributed by atoms with Crippen LogP contribution in [0.3, 0.4) is 0 Å². The number of guanidine groups is 1. The van der Waals surface area contributed by atoms with Crippen molar-refractivity contribution in [3.63, 3.8) is 0 Å². The van der Waals surface area contributed by atoms with Gasteiger partial charge < -0.3 is 20.4 Å². The molecule has 1 atom stereocenters. The first-order valence-electron chi connectivity index (χ1n) is 9.85. The zero-order valence-electron chi connectivity index (χ0n) is 16.4. The molecule has 0 bridgehead atoms. The molecule has 0 saturated carbocycles. The van der Waals surface area contributed by atoms with Crippen LogP contribution < -0.4 is 15.5 Å². The van der Waals surface area contributed by atoms with Crippen molar-refractivity contribution in [3.8, 4) is 0 Å². The van der Waals surface area contributed by atoms with Crippen molar-refractivity contribution in [1.29, 1.82) is 0 Å². The number of likely N-dealkylation sites (tertiary alicyclic amines) is 1. The number of amides is 2. The highest BCUT2D eigenvalue weighted by atomic mass is 127. The maximum atomic E-state index is 12.4. The van der Waals surface area contributed by atoms with Gasteiger partial charge >= 0.3 is 0 Å². The third-order valence-corrected chi connectivity index (χ3v) is 4.96. The summed E-state index contributed by atoms with van der Waals surface area (Å²) in [4.78, 5) is 32.8. The second kappa shape index (κ2) is 11.2. The summed E-state index contributed by atoms with van der Waals surface area (Å²) in [7, 11) is 0. The number of hydrogen-bond acceptors (Lipinski definition) is 3. The van der Waals surface area contributed by atoms with Gasteiger partial charge in [-0.05, 0) is 38.3 Å². The minimum Gasteiger partial charge on any atom is -0.357 e. The topological polar surface area (TPSA) is 77.0 Å². The predicted octanol–water partition coefficient (Wildman–Crippen LogP) is 1.98. The fourth-order valence-corrected chi connectivity index (χ4v) is 3.57. The van der Waals surface area contributed by atoms with Crippen molar-refractivity contribution in [1.82, 2.24) is 15.5 Å². The summed E-state index contributed by atoms with van der Waals surface area (Å²) in [6, 6.07) is 9.66. The van der Waals surface area contributed by atoms with Crippen LogP contribution in [0.5, 0.6) is 0 Å². The van der Waals surface area contributed by atoms with E-state index in [1.54, 1.807) is 4.90 Å². The Labute approximate surface area is 184 Å². The number of carbonyl (C=O) groups excluding carboxylic acids is 2. The number of aliphatic imine (C=N–C) groups is 1. The molecule has 154 valence electrons. The van der Waals surface area contributed by atoms with E-state index in [9.17, 15) is 9.59 Å². The highest BCUT2D eigenvalue weighted by Crippen LogP contribution is 2.20. The zero-order valence-corrected chi connectivity index (χ0v) is 18.7. The third-order valence-electron chi connectivity index (χ3n) is 4.96. The molecule has 2 saturated heterocycles.